The van der Waals surface area contributed by atoms with Crippen LogP contribution in [-0.4, -0.2) is 19.4 Å². The van der Waals surface area contributed by atoms with Gasteiger partial charge in [0, 0.05) is 24.3 Å². The molecule has 0 aliphatic carbocycles. The van der Waals surface area contributed by atoms with Crippen LogP contribution in [0.5, 0.6) is 0 Å². The van der Waals surface area contributed by atoms with Crippen molar-refractivity contribution in [2.75, 3.05) is 18.0 Å². The second kappa shape index (κ2) is 5.75. The predicted molar refractivity (Wildman–Crippen MR) is 76.6 cm³/mol. The van der Waals surface area contributed by atoms with E-state index < -0.39 is 0 Å². The summed E-state index contributed by atoms with van der Waals surface area (Å²) in [5.41, 5.74) is 1.70. The van der Waals surface area contributed by atoms with Gasteiger partial charge in [0.1, 0.15) is 0 Å². The topological polar surface area (TPSA) is 20.3 Å². The summed E-state index contributed by atoms with van der Waals surface area (Å²) in [5, 5.41) is 0.550. The average Bonchev–Trinajstić information content (AvgIpc) is 2.38. The molecule has 1 aliphatic rings. The maximum atomic E-state index is 10.7. The van der Waals surface area contributed by atoms with Crippen LogP contribution in [0.25, 0.3) is 0 Å². The fourth-order valence-electron chi connectivity index (χ4n) is 2.63. The van der Waals surface area contributed by atoms with Crippen molar-refractivity contribution in [3.63, 3.8) is 0 Å². The van der Waals surface area contributed by atoms with Crippen LogP contribution in [-0.2, 0) is 0 Å². The van der Waals surface area contributed by atoms with E-state index in [9.17, 15) is 4.79 Å². The number of piperidine rings is 1. The van der Waals surface area contributed by atoms with Crippen LogP contribution in [0.2, 0.25) is 5.02 Å². The van der Waals surface area contributed by atoms with E-state index in [-0.39, 0.29) is 0 Å². The van der Waals surface area contributed by atoms with Crippen LogP contribution in [0.1, 0.15) is 37.0 Å². The van der Waals surface area contributed by atoms with Gasteiger partial charge in [-0.15, -0.1) is 0 Å². The van der Waals surface area contributed by atoms with Gasteiger partial charge in [-0.1, -0.05) is 25.4 Å². The fraction of sp³-hybridized carbons (Fsp3) is 0.533. The number of anilines is 1. The second-order valence-corrected chi connectivity index (χ2v) is 5.80. The molecule has 0 radical (unpaired) electrons. The molecule has 0 atom stereocenters. The molecule has 0 amide bonds. The number of hydrogen-bond acceptors (Lipinski definition) is 2. The molecule has 2 rings (SSSR count). The van der Waals surface area contributed by atoms with Gasteiger partial charge in [0.25, 0.3) is 0 Å². The summed E-state index contributed by atoms with van der Waals surface area (Å²) in [4.78, 5) is 13.1. The maximum absolute atomic E-state index is 10.7. The molecule has 0 spiro atoms. The van der Waals surface area contributed by atoms with Gasteiger partial charge in [-0.25, -0.2) is 0 Å². The Hall–Kier alpha value is -1.02. The SMILES string of the molecule is CC(C)C1CCN(c2ccc(C=O)c(Cl)c2)CC1. The molecule has 98 valence electrons. The van der Waals surface area contributed by atoms with E-state index in [4.69, 9.17) is 11.6 Å². The fourth-order valence-corrected chi connectivity index (χ4v) is 2.85. The van der Waals surface area contributed by atoms with Gasteiger partial charge >= 0.3 is 0 Å². The Kier molecular flexibility index (Phi) is 4.28. The zero-order chi connectivity index (χ0) is 13.1. The number of hydrogen-bond donors (Lipinski definition) is 0. The van der Waals surface area contributed by atoms with Crippen molar-refractivity contribution in [1.82, 2.24) is 0 Å². The van der Waals surface area contributed by atoms with Crippen LogP contribution in [0.3, 0.4) is 0 Å². The zero-order valence-electron chi connectivity index (χ0n) is 11.0. The third-order valence-electron chi connectivity index (χ3n) is 3.96. The van der Waals surface area contributed by atoms with E-state index in [0.717, 1.165) is 36.9 Å². The maximum Gasteiger partial charge on any atom is 0.151 e. The number of carbonyl (C=O) groups excluding carboxylic acids is 1. The smallest absolute Gasteiger partial charge is 0.151 e. The van der Waals surface area contributed by atoms with Gasteiger partial charge in [0.05, 0.1) is 5.02 Å². The number of carbonyl (C=O) groups is 1. The highest BCUT2D eigenvalue weighted by Gasteiger charge is 2.21. The Morgan fingerprint density at radius 3 is 2.50 bits per heavy atom. The van der Waals surface area contributed by atoms with E-state index in [1.54, 1.807) is 6.07 Å². The van der Waals surface area contributed by atoms with Crippen molar-refractivity contribution in [2.45, 2.75) is 26.7 Å². The van der Waals surface area contributed by atoms with Crippen molar-refractivity contribution < 1.29 is 4.79 Å². The lowest BCUT2D eigenvalue weighted by molar-refractivity contribution is 0.112. The van der Waals surface area contributed by atoms with E-state index >= 15 is 0 Å². The summed E-state index contributed by atoms with van der Waals surface area (Å²) >= 11 is 6.07. The third kappa shape index (κ3) is 2.86. The quantitative estimate of drug-likeness (QED) is 0.769. The molecule has 1 saturated heterocycles. The van der Waals surface area contributed by atoms with Crippen LogP contribution in [0.15, 0.2) is 18.2 Å². The van der Waals surface area contributed by atoms with Gasteiger partial charge < -0.3 is 4.90 Å². The van der Waals surface area contributed by atoms with Crippen molar-refractivity contribution in [2.24, 2.45) is 11.8 Å². The van der Waals surface area contributed by atoms with Gasteiger partial charge in [0.2, 0.25) is 0 Å². The van der Waals surface area contributed by atoms with E-state index in [0.29, 0.717) is 10.6 Å². The first kappa shape index (κ1) is 13.4. The normalized spacial score (nSPS) is 17.2. The summed E-state index contributed by atoms with van der Waals surface area (Å²) < 4.78 is 0. The molecule has 1 aromatic rings. The molecule has 1 fully saturated rings. The van der Waals surface area contributed by atoms with Crippen LogP contribution >= 0.6 is 11.6 Å². The lowest BCUT2D eigenvalue weighted by Crippen LogP contribution is -2.35. The summed E-state index contributed by atoms with van der Waals surface area (Å²) in [6.45, 7) is 6.77. The molecule has 1 heterocycles. The van der Waals surface area contributed by atoms with Gasteiger partial charge in [0.15, 0.2) is 6.29 Å². The minimum atomic E-state index is 0.550. The minimum absolute atomic E-state index is 0.550. The summed E-state index contributed by atoms with van der Waals surface area (Å²) in [7, 11) is 0. The first-order valence-corrected chi connectivity index (χ1v) is 6.99. The first-order valence-electron chi connectivity index (χ1n) is 6.61. The van der Waals surface area contributed by atoms with E-state index in [1.807, 2.05) is 12.1 Å². The van der Waals surface area contributed by atoms with Gasteiger partial charge in [-0.05, 0) is 42.9 Å². The number of aldehydes is 1. The Bertz CT molecular complexity index is 423. The summed E-state index contributed by atoms with van der Waals surface area (Å²) in [6, 6.07) is 5.70. The van der Waals surface area contributed by atoms with Gasteiger partial charge in [-0.2, -0.15) is 0 Å². The minimum Gasteiger partial charge on any atom is -0.371 e. The van der Waals surface area contributed by atoms with Crippen molar-refractivity contribution in [3.05, 3.63) is 28.8 Å². The van der Waals surface area contributed by atoms with Crippen molar-refractivity contribution in [3.8, 4) is 0 Å². The lowest BCUT2D eigenvalue weighted by Gasteiger charge is -2.35. The number of rotatable bonds is 3. The monoisotopic (exact) mass is 265 g/mol. The zero-order valence-corrected chi connectivity index (χ0v) is 11.8. The predicted octanol–water partition coefficient (Wildman–Crippen LogP) is 4.02. The Balaban J connectivity index is 2.05. The molecule has 0 N–H and O–H groups in total. The molecule has 1 aromatic carbocycles. The van der Waals surface area contributed by atoms with Crippen molar-refractivity contribution >= 4 is 23.6 Å². The molecule has 1 aliphatic heterocycles. The highest BCUT2D eigenvalue weighted by Crippen LogP contribution is 2.29. The van der Waals surface area contributed by atoms with E-state index in [1.165, 1.54) is 12.8 Å². The molecule has 0 unspecified atom stereocenters. The largest absolute Gasteiger partial charge is 0.371 e. The molecule has 0 bridgehead atoms. The highest BCUT2D eigenvalue weighted by molar-refractivity contribution is 6.33. The van der Waals surface area contributed by atoms with Crippen LogP contribution in [0, 0.1) is 11.8 Å². The Morgan fingerprint density at radius 2 is 2.00 bits per heavy atom. The molecular formula is C15H20ClNO. The molecule has 3 heteroatoms. The number of benzene rings is 1. The number of nitrogens with zero attached hydrogens (tertiary/aromatic N) is 1. The molecular weight excluding hydrogens is 246 g/mol. The van der Waals surface area contributed by atoms with Gasteiger partial charge in [-0.3, -0.25) is 4.79 Å². The summed E-state index contributed by atoms with van der Waals surface area (Å²) in [6.07, 6.45) is 3.28. The number of halogens is 1. The molecule has 18 heavy (non-hydrogen) atoms. The average molecular weight is 266 g/mol. The standard InChI is InChI=1S/C15H20ClNO/c1-11(2)12-5-7-17(8-6-12)14-4-3-13(10-18)15(16)9-14/h3-4,9-12H,5-8H2,1-2H3. The second-order valence-electron chi connectivity index (χ2n) is 5.39. The lowest BCUT2D eigenvalue weighted by atomic mass is 9.86. The first-order chi connectivity index (χ1) is 8.61. The highest BCUT2D eigenvalue weighted by atomic mass is 35.5. The molecule has 0 saturated carbocycles. The Labute approximate surface area is 114 Å². The van der Waals surface area contributed by atoms with Crippen LogP contribution in [0.4, 0.5) is 5.69 Å². The van der Waals surface area contributed by atoms with Crippen LogP contribution < -0.4 is 4.90 Å². The third-order valence-corrected chi connectivity index (χ3v) is 4.29. The van der Waals surface area contributed by atoms with Crippen molar-refractivity contribution in [1.29, 1.82) is 0 Å². The van der Waals surface area contributed by atoms with E-state index in [2.05, 4.69) is 18.7 Å². The molecule has 0 aromatic heterocycles. The Morgan fingerprint density at radius 1 is 1.33 bits per heavy atom. The summed E-state index contributed by atoms with van der Waals surface area (Å²) in [5.74, 6) is 1.61. The molecule has 2 nitrogen and oxygen atoms in total.